The average Bonchev–Trinajstić information content (AvgIpc) is 2.63. The highest BCUT2D eigenvalue weighted by atomic mass is 16.5. The Hall–Kier alpha value is -2.52. The van der Waals surface area contributed by atoms with Gasteiger partial charge in [0.15, 0.2) is 0 Å². The van der Waals surface area contributed by atoms with Gasteiger partial charge < -0.3 is 20.3 Å². The van der Waals surface area contributed by atoms with Crippen molar-refractivity contribution in [2.45, 2.75) is 19.8 Å². The minimum absolute atomic E-state index is 0.0721. The van der Waals surface area contributed by atoms with Crippen LogP contribution < -0.4 is 15.5 Å². The van der Waals surface area contributed by atoms with Gasteiger partial charge in [-0.2, -0.15) is 5.26 Å². The van der Waals surface area contributed by atoms with Gasteiger partial charge in [-0.25, -0.2) is 0 Å². The maximum atomic E-state index is 12.0. The first kappa shape index (κ1) is 17.8. The highest BCUT2D eigenvalue weighted by Crippen LogP contribution is 2.26. The van der Waals surface area contributed by atoms with E-state index in [0.717, 1.165) is 37.3 Å². The van der Waals surface area contributed by atoms with Crippen molar-refractivity contribution < 1.29 is 9.53 Å². The number of unbranched alkanes of at least 4 members (excludes halogenated alkanes) is 1. The number of anilines is 2. The average molecular weight is 328 g/mol. The van der Waals surface area contributed by atoms with E-state index in [1.165, 1.54) is 6.20 Å². The molecule has 0 aliphatic carbocycles. The smallest absolute Gasteiger partial charge is 0.263 e. The summed E-state index contributed by atoms with van der Waals surface area (Å²) in [6.45, 7) is 5.69. The Morgan fingerprint density at radius 3 is 2.83 bits per heavy atom. The summed E-state index contributed by atoms with van der Waals surface area (Å²) in [6, 6.07) is 9.81. The molecule has 6 nitrogen and oxygen atoms in total. The Labute approximate surface area is 143 Å². The van der Waals surface area contributed by atoms with E-state index in [4.69, 9.17) is 4.74 Å². The number of rotatable bonds is 7. The van der Waals surface area contributed by atoms with E-state index in [9.17, 15) is 10.1 Å². The Kier molecular flexibility index (Phi) is 7.12. The highest BCUT2D eigenvalue weighted by Gasteiger charge is 2.14. The van der Waals surface area contributed by atoms with Gasteiger partial charge in [0.05, 0.1) is 24.6 Å². The Bertz CT molecular complexity index is 616. The number of nitrogens with zero attached hydrogens (tertiary/aromatic N) is 2. The normalized spacial score (nSPS) is 14.8. The summed E-state index contributed by atoms with van der Waals surface area (Å²) < 4.78 is 5.38. The summed E-state index contributed by atoms with van der Waals surface area (Å²) in [5.74, 6) is -0.345. The molecule has 0 unspecified atom stereocenters. The molecule has 0 bridgehead atoms. The molecule has 0 atom stereocenters. The summed E-state index contributed by atoms with van der Waals surface area (Å²) in [4.78, 5) is 14.2. The molecule has 128 valence electrons. The van der Waals surface area contributed by atoms with E-state index in [-0.39, 0.29) is 11.5 Å². The van der Waals surface area contributed by atoms with Crippen LogP contribution in [0.3, 0.4) is 0 Å². The zero-order valence-electron chi connectivity index (χ0n) is 14.0. The van der Waals surface area contributed by atoms with Crippen LogP contribution in [-0.4, -0.2) is 38.8 Å². The summed E-state index contributed by atoms with van der Waals surface area (Å²) in [7, 11) is 0. The molecule has 1 amide bonds. The lowest BCUT2D eigenvalue weighted by molar-refractivity contribution is -0.117. The van der Waals surface area contributed by atoms with Gasteiger partial charge in [-0.3, -0.25) is 4.79 Å². The summed E-state index contributed by atoms with van der Waals surface area (Å²) in [5, 5.41) is 15.1. The maximum Gasteiger partial charge on any atom is 0.263 e. The number of para-hydroxylation sites is 2. The predicted molar refractivity (Wildman–Crippen MR) is 94.7 cm³/mol. The molecule has 1 fully saturated rings. The van der Waals surface area contributed by atoms with Gasteiger partial charge in [-0.1, -0.05) is 25.5 Å². The monoisotopic (exact) mass is 328 g/mol. The summed E-state index contributed by atoms with van der Waals surface area (Å²) in [5.41, 5.74) is 1.98. The molecule has 24 heavy (non-hydrogen) atoms. The van der Waals surface area contributed by atoms with Crippen LogP contribution in [0.5, 0.6) is 0 Å². The van der Waals surface area contributed by atoms with Gasteiger partial charge in [-0.05, 0) is 18.6 Å². The van der Waals surface area contributed by atoms with Gasteiger partial charge in [0.1, 0.15) is 11.6 Å². The quantitative estimate of drug-likeness (QED) is 0.456. The van der Waals surface area contributed by atoms with Crippen molar-refractivity contribution in [1.82, 2.24) is 5.32 Å². The fraction of sp³-hybridized carbons (Fsp3) is 0.444. The lowest BCUT2D eigenvalue weighted by atomic mass is 10.2. The van der Waals surface area contributed by atoms with E-state index in [2.05, 4.69) is 22.5 Å². The Morgan fingerprint density at radius 1 is 1.38 bits per heavy atom. The zero-order chi connectivity index (χ0) is 17.2. The third-order valence-electron chi connectivity index (χ3n) is 3.81. The lowest BCUT2D eigenvalue weighted by Crippen LogP contribution is -2.36. The van der Waals surface area contributed by atoms with Gasteiger partial charge in [-0.15, -0.1) is 0 Å². The minimum Gasteiger partial charge on any atom is -0.378 e. The van der Waals surface area contributed by atoms with Crippen molar-refractivity contribution in [1.29, 1.82) is 5.26 Å². The first-order valence-corrected chi connectivity index (χ1v) is 8.33. The Morgan fingerprint density at radius 2 is 2.12 bits per heavy atom. The molecule has 1 aliphatic heterocycles. The molecule has 1 saturated heterocycles. The van der Waals surface area contributed by atoms with Crippen LogP contribution in [0.2, 0.25) is 0 Å². The molecule has 6 heteroatoms. The van der Waals surface area contributed by atoms with Crippen LogP contribution in [0.4, 0.5) is 11.4 Å². The van der Waals surface area contributed by atoms with Crippen LogP contribution in [0.25, 0.3) is 0 Å². The van der Waals surface area contributed by atoms with Gasteiger partial charge in [0.25, 0.3) is 5.91 Å². The molecule has 2 rings (SSSR count). The molecule has 1 aromatic carbocycles. The molecule has 0 spiro atoms. The molecule has 0 radical (unpaired) electrons. The van der Waals surface area contributed by atoms with E-state index in [1.807, 2.05) is 30.3 Å². The third kappa shape index (κ3) is 5.00. The summed E-state index contributed by atoms with van der Waals surface area (Å²) >= 11 is 0. The van der Waals surface area contributed by atoms with Crippen LogP contribution >= 0.6 is 0 Å². The SMILES string of the molecule is CCCCNC(=O)/C(C#N)=C\Nc1ccccc1N1CCOCC1. The molecule has 0 saturated carbocycles. The van der Waals surface area contributed by atoms with Crippen molar-refractivity contribution in [2.24, 2.45) is 0 Å². The van der Waals surface area contributed by atoms with Gasteiger partial charge in [0, 0.05) is 25.8 Å². The van der Waals surface area contributed by atoms with Crippen LogP contribution in [0.1, 0.15) is 19.8 Å². The van der Waals surface area contributed by atoms with Crippen molar-refractivity contribution in [3.05, 3.63) is 36.0 Å². The molecular formula is C18H24N4O2. The fourth-order valence-electron chi connectivity index (χ4n) is 2.45. The number of ether oxygens (including phenoxy) is 1. The predicted octanol–water partition coefficient (Wildman–Crippen LogP) is 2.26. The number of nitrogens with one attached hydrogen (secondary N) is 2. The standard InChI is InChI=1S/C18H24N4O2/c1-2-3-8-20-18(23)15(13-19)14-21-16-6-4-5-7-17(16)22-9-11-24-12-10-22/h4-7,14,21H,2-3,8-12H2,1H3,(H,20,23)/b15-14-. The first-order chi connectivity index (χ1) is 11.8. The number of amides is 1. The second kappa shape index (κ2) is 9.58. The number of morpholine rings is 1. The second-order valence-electron chi connectivity index (χ2n) is 5.54. The molecule has 0 aromatic heterocycles. The number of carbonyl (C=O) groups is 1. The molecule has 2 N–H and O–H groups in total. The van der Waals surface area contributed by atoms with Gasteiger partial charge in [0.2, 0.25) is 0 Å². The van der Waals surface area contributed by atoms with E-state index >= 15 is 0 Å². The van der Waals surface area contributed by atoms with Crippen LogP contribution in [0, 0.1) is 11.3 Å². The lowest BCUT2D eigenvalue weighted by Gasteiger charge is -2.30. The molecular weight excluding hydrogens is 304 g/mol. The number of nitriles is 1. The number of hydrogen-bond acceptors (Lipinski definition) is 5. The van der Waals surface area contributed by atoms with E-state index in [1.54, 1.807) is 0 Å². The van der Waals surface area contributed by atoms with Crippen molar-refractivity contribution in [3.63, 3.8) is 0 Å². The van der Waals surface area contributed by atoms with Gasteiger partial charge >= 0.3 is 0 Å². The van der Waals surface area contributed by atoms with E-state index in [0.29, 0.717) is 19.8 Å². The third-order valence-corrected chi connectivity index (χ3v) is 3.81. The highest BCUT2D eigenvalue weighted by molar-refractivity contribution is 5.97. The van der Waals surface area contributed by atoms with Crippen molar-refractivity contribution in [2.75, 3.05) is 43.1 Å². The second-order valence-corrected chi connectivity index (χ2v) is 5.54. The van der Waals surface area contributed by atoms with Crippen LogP contribution in [-0.2, 0) is 9.53 Å². The zero-order valence-corrected chi connectivity index (χ0v) is 14.0. The maximum absolute atomic E-state index is 12.0. The van der Waals surface area contributed by atoms with E-state index < -0.39 is 0 Å². The molecule has 1 aromatic rings. The number of carbonyl (C=O) groups excluding carboxylic acids is 1. The first-order valence-electron chi connectivity index (χ1n) is 8.33. The van der Waals surface area contributed by atoms with Crippen molar-refractivity contribution in [3.8, 4) is 6.07 Å². The Balaban J connectivity index is 2.06. The summed E-state index contributed by atoms with van der Waals surface area (Å²) in [6.07, 6.45) is 3.37. The molecule has 1 aliphatic rings. The largest absolute Gasteiger partial charge is 0.378 e. The fourth-order valence-corrected chi connectivity index (χ4v) is 2.45. The molecule has 1 heterocycles. The van der Waals surface area contributed by atoms with Crippen LogP contribution in [0.15, 0.2) is 36.0 Å². The number of benzene rings is 1. The minimum atomic E-state index is -0.345. The van der Waals surface area contributed by atoms with Crippen molar-refractivity contribution >= 4 is 17.3 Å². The number of hydrogen-bond donors (Lipinski definition) is 2. The topological polar surface area (TPSA) is 77.4 Å².